The summed E-state index contributed by atoms with van der Waals surface area (Å²) in [6.45, 7) is 5.80. The summed E-state index contributed by atoms with van der Waals surface area (Å²) in [6.07, 6.45) is 3.07. The fourth-order valence-electron chi connectivity index (χ4n) is 0.934. The van der Waals surface area contributed by atoms with E-state index in [9.17, 15) is 0 Å². The normalized spacial score (nSPS) is 10.2. The smallest absolute Gasteiger partial charge is 0.0932 e. The molecule has 4 heteroatoms. The molecule has 12 heavy (non-hydrogen) atoms. The predicted octanol–water partition coefficient (Wildman–Crippen LogP) is 2.77. The summed E-state index contributed by atoms with van der Waals surface area (Å²) in [5, 5.41) is 1.83. The lowest BCUT2D eigenvalue weighted by Gasteiger charge is -2.02. The molecule has 0 aliphatic carbocycles. The highest BCUT2D eigenvalue weighted by molar-refractivity contribution is 14.1. The van der Waals surface area contributed by atoms with E-state index in [1.54, 1.807) is 0 Å². The second-order valence-corrected chi connectivity index (χ2v) is 4.53. The van der Waals surface area contributed by atoms with E-state index in [1.165, 1.54) is 22.4 Å². The molecule has 0 aliphatic rings. The minimum Gasteiger partial charge on any atom is -0.394 e. The van der Waals surface area contributed by atoms with Crippen LogP contribution in [0.1, 0.15) is 12.5 Å². The van der Waals surface area contributed by atoms with Crippen LogP contribution in [0.25, 0.3) is 0 Å². The van der Waals surface area contributed by atoms with Crippen LogP contribution in [-0.4, -0.2) is 2.78 Å². The highest BCUT2D eigenvalue weighted by Gasteiger charge is 2.06. The molecule has 0 bridgehead atoms. The molecule has 1 aromatic heterocycles. The molecule has 2 N–H and O–H groups in total. The number of aryl methyl sites for hydroxylation is 1. The zero-order valence-electron chi connectivity index (χ0n) is 6.88. The van der Waals surface area contributed by atoms with E-state index < -0.39 is 0 Å². The zero-order valence-corrected chi connectivity index (χ0v) is 9.85. The van der Waals surface area contributed by atoms with Gasteiger partial charge in [0.2, 0.25) is 0 Å². The summed E-state index contributed by atoms with van der Waals surface area (Å²) in [6, 6.07) is 2.11. The largest absolute Gasteiger partial charge is 0.394 e. The van der Waals surface area contributed by atoms with E-state index in [4.69, 9.17) is 5.73 Å². The fourth-order valence-corrected chi connectivity index (χ4v) is 2.44. The Morgan fingerprint density at radius 3 is 3.00 bits per heavy atom. The van der Waals surface area contributed by atoms with Crippen molar-refractivity contribution < 1.29 is 0 Å². The van der Waals surface area contributed by atoms with Crippen LogP contribution in [-0.2, 0) is 6.42 Å². The van der Waals surface area contributed by atoms with E-state index in [0.29, 0.717) is 5.03 Å². The van der Waals surface area contributed by atoms with Gasteiger partial charge in [-0.3, -0.25) is 2.78 Å². The van der Waals surface area contributed by atoms with Crippen molar-refractivity contribution in [3.05, 3.63) is 29.4 Å². The second-order valence-electron chi connectivity index (χ2n) is 2.38. The lowest BCUT2D eigenvalue weighted by Crippen LogP contribution is -1.92. The third-order valence-corrected chi connectivity index (χ3v) is 3.53. The molecule has 0 aromatic carbocycles. The second kappa shape index (κ2) is 4.23. The van der Waals surface area contributed by atoms with Crippen LogP contribution in [0.2, 0.25) is 0 Å². The van der Waals surface area contributed by atoms with Gasteiger partial charge in [0, 0.05) is 6.20 Å². The van der Waals surface area contributed by atoms with Gasteiger partial charge in [0.05, 0.1) is 32.9 Å². The number of nitrogens with two attached hydrogens (primary N) is 1. The van der Waals surface area contributed by atoms with Crippen LogP contribution >= 0.6 is 34.6 Å². The molecule has 0 saturated heterocycles. The third kappa shape index (κ3) is 2.20. The van der Waals surface area contributed by atoms with E-state index in [0.717, 1.165) is 6.42 Å². The maximum absolute atomic E-state index is 5.53. The van der Waals surface area contributed by atoms with Gasteiger partial charge in [-0.25, -0.2) is 0 Å². The van der Waals surface area contributed by atoms with Crippen molar-refractivity contribution in [3.8, 4) is 0 Å². The van der Waals surface area contributed by atoms with Gasteiger partial charge >= 0.3 is 0 Å². The molecule has 0 radical (unpaired) electrons. The summed E-state index contributed by atoms with van der Waals surface area (Å²) in [5.41, 5.74) is 6.85. The average molecular weight is 294 g/mol. The van der Waals surface area contributed by atoms with Crippen molar-refractivity contribution in [1.29, 1.82) is 0 Å². The highest BCUT2D eigenvalue weighted by Crippen LogP contribution is 2.29. The highest BCUT2D eigenvalue weighted by atomic mass is 127. The van der Waals surface area contributed by atoms with Gasteiger partial charge in [-0.2, -0.15) is 0 Å². The number of hydrogen-bond acceptors (Lipinski definition) is 2. The molecule has 66 valence electrons. The first-order valence-corrected chi connectivity index (χ1v) is 5.42. The van der Waals surface area contributed by atoms with Crippen molar-refractivity contribution in [1.82, 2.24) is 2.78 Å². The van der Waals surface area contributed by atoms with E-state index in [-0.39, 0.29) is 0 Å². The standard InChI is InChI=1S/C8H11IN2S/c1-3-7-4-5-11(9)8(7)12-6(2)10/h4-5H,2-3,10H2,1H3. The molecular weight excluding hydrogens is 283 g/mol. The molecule has 2 nitrogen and oxygen atoms in total. The Morgan fingerprint density at radius 2 is 2.50 bits per heavy atom. The van der Waals surface area contributed by atoms with Gasteiger partial charge in [-0.15, -0.1) is 0 Å². The number of halogens is 1. The van der Waals surface area contributed by atoms with Crippen molar-refractivity contribution in [2.45, 2.75) is 18.4 Å². The molecule has 0 spiro atoms. The van der Waals surface area contributed by atoms with Crippen LogP contribution in [0.4, 0.5) is 0 Å². The first-order chi connectivity index (χ1) is 5.65. The minimum atomic E-state index is 0.640. The van der Waals surface area contributed by atoms with E-state index >= 15 is 0 Å². The Hall–Kier alpha value is -0.100. The summed E-state index contributed by atoms with van der Waals surface area (Å²) in [5.74, 6) is 0. The summed E-state index contributed by atoms with van der Waals surface area (Å²) in [7, 11) is 0. The quantitative estimate of drug-likeness (QED) is 0.686. The molecule has 0 fully saturated rings. The van der Waals surface area contributed by atoms with Gasteiger partial charge in [0.15, 0.2) is 0 Å². The molecule has 1 aromatic rings. The van der Waals surface area contributed by atoms with Gasteiger partial charge in [-0.05, 0) is 18.1 Å². The van der Waals surface area contributed by atoms with E-state index in [2.05, 4.69) is 42.4 Å². The average Bonchev–Trinajstić information content (AvgIpc) is 2.32. The number of aromatic nitrogens is 1. The molecule has 1 rings (SSSR count). The lowest BCUT2D eigenvalue weighted by atomic mass is 10.3. The number of rotatable bonds is 3. The van der Waals surface area contributed by atoms with Crippen molar-refractivity contribution in [2.24, 2.45) is 5.73 Å². The van der Waals surface area contributed by atoms with Crippen LogP contribution in [0.15, 0.2) is 28.9 Å². The molecule has 0 atom stereocenters. The maximum atomic E-state index is 5.53. The fraction of sp³-hybridized carbons (Fsp3) is 0.250. The summed E-state index contributed by atoms with van der Waals surface area (Å²) >= 11 is 3.76. The Labute approximate surface area is 90.7 Å². The zero-order chi connectivity index (χ0) is 9.14. The molecule has 0 aliphatic heterocycles. The van der Waals surface area contributed by atoms with Gasteiger partial charge in [-0.1, -0.05) is 25.3 Å². The predicted molar refractivity (Wildman–Crippen MR) is 62.4 cm³/mol. The Bertz CT molecular complexity index is 293. The Balaban J connectivity index is 2.94. The first kappa shape index (κ1) is 9.98. The summed E-state index contributed by atoms with van der Waals surface area (Å²) in [4.78, 5) is 0. The molecule has 0 unspecified atom stereocenters. The molecule has 0 saturated carbocycles. The third-order valence-electron chi connectivity index (χ3n) is 1.48. The molecule has 0 amide bonds. The van der Waals surface area contributed by atoms with Gasteiger partial charge in [0.25, 0.3) is 0 Å². The lowest BCUT2D eigenvalue weighted by molar-refractivity contribution is 1.04. The minimum absolute atomic E-state index is 0.640. The first-order valence-electron chi connectivity index (χ1n) is 3.63. The SMILES string of the molecule is C=C(N)Sc1c(CC)ccn1I. The molecular formula is C8H11IN2S. The number of hydrogen-bond donors (Lipinski definition) is 1. The Kier molecular flexibility index (Phi) is 3.52. The van der Waals surface area contributed by atoms with Gasteiger partial charge < -0.3 is 5.73 Å². The van der Waals surface area contributed by atoms with Crippen LogP contribution in [0, 0.1) is 0 Å². The monoisotopic (exact) mass is 294 g/mol. The topological polar surface area (TPSA) is 30.9 Å². The maximum Gasteiger partial charge on any atom is 0.0932 e. The van der Waals surface area contributed by atoms with E-state index in [1.807, 2.05) is 8.98 Å². The van der Waals surface area contributed by atoms with Crippen LogP contribution < -0.4 is 5.73 Å². The van der Waals surface area contributed by atoms with Gasteiger partial charge in [0.1, 0.15) is 0 Å². The van der Waals surface area contributed by atoms with Crippen molar-refractivity contribution in [3.63, 3.8) is 0 Å². The number of nitrogens with zero attached hydrogens (tertiary/aromatic N) is 1. The van der Waals surface area contributed by atoms with Crippen LogP contribution in [0.3, 0.4) is 0 Å². The van der Waals surface area contributed by atoms with Crippen LogP contribution in [0.5, 0.6) is 0 Å². The van der Waals surface area contributed by atoms with Crippen molar-refractivity contribution >= 4 is 34.6 Å². The summed E-state index contributed by atoms with van der Waals surface area (Å²) < 4.78 is 2.04. The van der Waals surface area contributed by atoms with Crippen molar-refractivity contribution in [2.75, 3.05) is 0 Å². The molecule has 1 heterocycles. The Morgan fingerprint density at radius 1 is 1.83 bits per heavy atom. The number of thioether (sulfide) groups is 1.